The van der Waals surface area contributed by atoms with Gasteiger partial charge >= 0.3 is 5.97 Å². The first-order valence-electron chi connectivity index (χ1n) is 11.2. The fourth-order valence-electron chi connectivity index (χ4n) is 2.84. The second-order valence-corrected chi connectivity index (χ2v) is 7.22. The predicted molar refractivity (Wildman–Crippen MR) is 123 cm³/mol. The number of carboxylic acids is 1. The van der Waals surface area contributed by atoms with Crippen LogP contribution in [0.2, 0.25) is 0 Å². The van der Waals surface area contributed by atoms with Gasteiger partial charge in [-0.25, -0.2) is 10.3 Å². The van der Waals surface area contributed by atoms with Crippen molar-refractivity contribution in [3.05, 3.63) is 54.3 Å². The molecule has 0 fully saturated rings. The van der Waals surface area contributed by atoms with Crippen LogP contribution in [0.15, 0.2) is 54.3 Å². The van der Waals surface area contributed by atoms with Crippen molar-refractivity contribution >= 4 is 5.97 Å². The average Bonchev–Trinajstić information content (AvgIpc) is 2.79. The Bertz CT molecular complexity index is 622. The third kappa shape index (κ3) is 14.3. The zero-order chi connectivity index (χ0) is 22.6. The summed E-state index contributed by atoms with van der Waals surface area (Å²) in [6, 6.07) is 9.33. The van der Waals surface area contributed by atoms with Gasteiger partial charge in [0.25, 0.3) is 0 Å². The number of aliphatic carboxylic acids is 1. The number of carbonyl (C=O) groups is 1. The van der Waals surface area contributed by atoms with Crippen molar-refractivity contribution in [2.45, 2.75) is 64.5 Å². The van der Waals surface area contributed by atoms with Crippen LogP contribution in [0.1, 0.15) is 58.3 Å². The Labute approximate surface area is 186 Å². The van der Waals surface area contributed by atoms with Crippen LogP contribution in [0.5, 0.6) is 5.75 Å². The van der Waals surface area contributed by atoms with Crippen LogP contribution in [0, 0.1) is 0 Å². The van der Waals surface area contributed by atoms with Crippen molar-refractivity contribution in [1.82, 2.24) is 10.8 Å². The van der Waals surface area contributed by atoms with E-state index in [9.17, 15) is 4.79 Å². The minimum atomic E-state index is -0.957. The van der Waals surface area contributed by atoms with Gasteiger partial charge in [0.1, 0.15) is 5.75 Å². The second kappa shape index (κ2) is 18.4. The monoisotopic (exact) mass is 434 g/mol. The first kappa shape index (κ1) is 26.7. The Morgan fingerprint density at radius 1 is 1.06 bits per heavy atom. The number of nitrogens with one attached hydrogen (secondary N) is 2. The maximum Gasteiger partial charge on any atom is 0.337 e. The van der Waals surface area contributed by atoms with Gasteiger partial charge in [0.05, 0.1) is 18.8 Å². The Balaban J connectivity index is 0.000000311. The van der Waals surface area contributed by atoms with Gasteiger partial charge in [-0.15, -0.1) is 0 Å². The molecule has 0 amide bonds. The van der Waals surface area contributed by atoms with Crippen LogP contribution in [0.25, 0.3) is 0 Å². The van der Waals surface area contributed by atoms with E-state index in [1.807, 2.05) is 30.3 Å². The minimum absolute atomic E-state index is 0.0877. The molecule has 0 saturated carbocycles. The lowest BCUT2D eigenvalue weighted by molar-refractivity contribution is -0.132. The fraction of sp³-hybridized carbons (Fsp3) is 0.542. The third-order valence-electron chi connectivity index (χ3n) is 4.53. The van der Waals surface area contributed by atoms with Gasteiger partial charge in [0, 0.05) is 12.7 Å². The number of para-hydroxylation sites is 1. The van der Waals surface area contributed by atoms with Crippen molar-refractivity contribution < 1.29 is 24.6 Å². The Kier molecular flexibility index (Phi) is 15.9. The number of ether oxygens (including phenoxy) is 1. The largest absolute Gasteiger partial charge is 0.478 e. The molecule has 1 atom stereocenters. The molecule has 0 aliphatic carbocycles. The Morgan fingerprint density at radius 3 is 2.32 bits per heavy atom. The lowest BCUT2D eigenvalue weighted by Gasteiger charge is -2.18. The molecule has 0 radical (unpaired) electrons. The normalized spacial score (nSPS) is 14.8. The minimum Gasteiger partial charge on any atom is -0.478 e. The van der Waals surface area contributed by atoms with E-state index >= 15 is 0 Å². The molecule has 31 heavy (non-hydrogen) atoms. The van der Waals surface area contributed by atoms with E-state index in [-0.39, 0.29) is 18.4 Å². The molecule has 7 nitrogen and oxygen atoms in total. The molecule has 1 unspecified atom stereocenters. The summed E-state index contributed by atoms with van der Waals surface area (Å²) in [6.45, 7) is 3.62. The maximum atomic E-state index is 10.6. The summed E-state index contributed by atoms with van der Waals surface area (Å²) in [5.74, 6) is -0.223. The van der Waals surface area contributed by atoms with Crippen molar-refractivity contribution in [2.24, 2.45) is 0 Å². The zero-order valence-corrected chi connectivity index (χ0v) is 18.6. The highest BCUT2D eigenvalue weighted by molar-refractivity contribution is 5.89. The van der Waals surface area contributed by atoms with Crippen molar-refractivity contribution in [2.75, 3.05) is 19.8 Å². The van der Waals surface area contributed by atoms with Crippen molar-refractivity contribution in [3.8, 4) is 5.75 Å². The summed E-state index contributed by atoms with van der Waals surface area (Å²) >= 11 is 0. The molecule has 0 spiro atoms. The van der Waals surface area contributed by atoms with Gasteiger partial charge in [0.2, 0.25) is 0 Å². The SMILES string of the molecule is CCCCCCCCCCNOCCO.O=C(O)C1=CNC(Oc2ccccc2)C=C1. The molecule has 0 aromatic heterocycles. The number of hydrogen-bond acceptors (Lipinski definition) is 6. The molecular formula is C24H38N2O5. The fourth-order valence-corrected chi connectivity index (χ4v) is 2.84. The van der Waals surface area contributed by atoms with Crippen LogP contribution in [-0.2, 0) is 9.63 Å². The lowest BCUT2D eigenvalue weighted by atomic mass is 10.1. The quantitative estimate of drug-likeness (QED) is 0.243. The molecule has 2 rings (SSSR count). The van der Waals surface area contributed by atoms with E-state index in [0.717, 1.165) is 12.3 Å². The van der Waals surface area contributed by atoms with E-state index in [1.165, 1.54) is 63.6 Å². The molecule has 0 bridgehead atoms. The summed E-state index contributed by atoms with van der Waals surface area (Å²) in [7, 11) is 0. The van der Waals surface area contributed by atoms with Gasteiger partial charge in [-0.05, 0) is 30.7 Å². The summed E-state index contributed by atoms with van der Waals surface area (Å²) in [4.78, 5) is 15.6. The molecule has 1 aliphatic rings. The van der Waals surface area contributed by atoms with E-state index < -0.39 is 5.97 Å². The predicted octanol–water partition coefficient (Wildman–Crippen LogP) is 4.16. The number of unbranched alkanes of at least 4 members (excludes halogenated alkanes) is 7. The van der Waals surface area contributed by atoms with Crippen LogP contribution in [0.3, 0.4) is 0 Å². The maximum absolute atomic E-state index is 10.6. The van der Waals surface area contributed by atoms with Gasteiger partial charge in [-0.3, -0.25) is 4.84 Å². The van der Waals surface area contributed by atoms with Crippen LogP contribution in [0.4, 0.5) is 0 Å². The molecule has 1 aromatic rings. The van der Waals surface area contributed by atoms with Gasteiger partial charge in [-0.2, -0.15) is 0 Å². The summed E-state index contributed by atoms with van der Waals surface area (Å²) < 4.78 is 5.55. The number of hydrogen-bond donors (Lipinski definition) is 4. The number of hydroxylamine groups is 1. The molecule has 174 valence electrons. The number of carboxylic acid groups (broad SMARTS) is 1. The molecule has 7 heteroatoms. The first-order chi connectivity index (χ1) is 15.2. The van der Waals surface area contributed by atoms with Gasteiger partial charge < -0.3 is 20.3 Å². The molecule has 1 aliphatic heterocycles. The first-order valence-corrected chi connectivity index (χ1v) is 11.2. The number of dihydropyridines is 1. The van der Waals surface area contributed by atoms with Gasteiger partial charge in [-0.1, -0.05) is 70.1 Å². The van der Waals surface area contributed by atoms with E-state index in [2.05, 4.69) is 17.7 Å². The summed E-state index contributed by atoms with van der Waals surface area (Å²) in [6.07, 6.45) is 14.9. The smallest absolute Gasteiger partial charge is 0.337 e. The molecule has 1 aromatic carbocycles. The van der Waals surface area contributed by atoms with E-state index in [4.69, 9.17) is 19.8 Å². The van der Waals surface area contributed by atoms with E-state index in [1.54, 1.807) is 6.08 Å². The standard InChI is InChI=1S/C12H11NO3.C12H27NO2/c14-12(15)9-6-7-11(13-8-9)16-10-4-2-1-3-5-10;1-2-3-4-5-6-7-8-9-10-13-15-12-11-14/h1-8,11,13H,(H,14,15);13-14H,2-12H2,1H3. The number of aliphatic hydroxyl groups excluding tert-OH is 1. The van der Waals surface area contributed by atoms with Crippen molar-refractivity contribution in [1.29, 1.82) is 0 Å². The highest BCUT2D eigenvalue weighted by atomic mass is 16.6. The Hall–Kier alpha value is -2.35. The highest BCUT2D eigenvalue weighted by Gasteiger charge is 2.12. The number of benzene rings is 1. The van der Waals surface area contributed by atoms with Gasteiger partial charge in [0.15, 0.2) is 6.23 Å². The second-order valence-electron chi connectivity index (χ2n) is 7.22. The van der Waals surface area contributed by atoms with Crippen LogP contribution >= 0.6 is 0 Å². The highest BCUT2D eigenvalue weighted by Crippen LogP contribution is 2.13. The third-order valence-corrected chi connectivity index (χ3v) is 4.53. The summed E-state index contributed by atoms with van der Waals surface area (Å²) in [5.41, 5.74) is 3.05. The zero-order valence-electron chi connectivity index (χ0n) is 18.6. The van der Waals surface area contributed by atoms with Crippen LogP contribution in [-0.4, -0.2) is 42.2 Å². The molecular weight excluding hydrogens is 396 g/mol. The molecule has 4 N–H and O–H groups in total. The van der Waals surface area contributed by atoms with E-state index in [0.29, 0.717) is 6.61 Å². The Morgan fingerprint density at radius 2 is 1.74 bits per heavy atom. The molecule has 0 saturated heterocycles. The van der Waals surface area contributed by atoms with Crippen molar-refractivity contribution in [3.63, 3.8) is 0 Å². The lowest BCUT2D eigenvalue weighted by Crippen LogP contribution is -2.31. The average molecular weight is 435 g/mol. The van der Waals surface area contributed by atoms with Crippen LogP contribution < -0.4 is 15.5 Å². The number of rotatable bonds is 15. The number of aliphatic hydroxyl groups is 1. The summed E-state index contributed by atoms with van der Waals surface area (Å²) in [5, 5.41) is 20.0. The molecule has 1 heterocycles. The topological polar surface area (TPSA) is 100 Å².